The minimum Gasteiger partial charge on any atom is -0.480 e. The Morgan fingerprint density at radius 2 is 1.59 bits per heavy atom. The Morgan fingerprint density at radius 3 is 2.31 bits per heavy atom. The smallest absolute Gasteiger partial charge is 0.329 e. The molecule has 0 radical (unpaired) electrons. The van der Waals surface area contributed by atoms with Crippen molar-refractivity contribution in [2.45, 2.75) is 115 Å². The third-order valence-corrected chi connectivity index (χ3v) is 7.52. The Balaban J connectivity index is 1.31. The van der Waals surface area contributed by atoms with Crippen molar-refractivity contribution in [1.29, 1.82) is 0 Å². The lowest BCUT2D eigenvalue weighted by Gasteiger charge is -2.33. The topological polar surface area (TPSA) is 117 Å². The average molecular weight is 452 g/mol. The summed E-state index contributed by atoms with van der Waals surface area (Å²) in [6, 6.07) is 0.511. The van der Waals surface area contributed by atoms with Gasteiger partial charge in [0.15, 0.2) is 0 Å². The van der Waals surface area contributed by atoms with Crippen LogP contribution in [0.1, 0.15) is 90.4 Å². The normalized spacial score (nSPS) is 33.2. The number of ether oxygens (including phenoxy) is 1. The highest BCUT2D eigenvalue weighted by atomic mass is 16.5. The van der Waals surface area contributed by atoms with Crippen LogP contribution in [-0.2, 0) is 14.3 Å². The molecule has 3 amide bonds. The van der Waals surface area contributed by atoms with E-state index in [-0.39, 0.29) is 42.8 Å². The molecule has 0 saturated heterocycles. The van der Waals surface area contributed by atoms with Crippen LogP contribution in [0.15, 0.2) is 0 Å². The monoisotopic (exact) mass is 451 g/mol. The molecule has 3 aliphatic carbocycles. The summed E-state index contributed by atoms with van der Waals surface area (Å²) in [5, 5.41) is 18.2. The van der Waals surface area contributed by atoms with Gasteiger partial charge in [0.05, 0.1) is 6.10 Å². The molecule has 8 heteroatoms. The SMILES string of the molecule is CC1CCCCC1NC(=O)NC1CCC(CC(=O)NC2CCCC(OCC(=O)O)C2)CC1. The molecular weight excluding hydrogens is 410 g/mol. The first-order valence-corrected chi connectivity index (χ1v) is 12.6. The number of carbonyl (C=O) groups excluding carboxylic acids is 2. The van der Waals surface area contributed by atoms with Gasteiger partial charge < -0.3 is 25.8 Å². The van der Waals surface area contributed by atoms with Crippen LogP contribution in [0.2, 0.25) is 0 Å². The number of hydrogen-bond donors (Lipinski definition) is 4. The van der Waals surface area contributed by atoms with Gasteiger partial charge in [-0.15, -0.1) is 0 Å². The van der Waals surface area contributed by atoms with Gasteiger partial charge in [-0.05, 0) is 76.0 Å². The molecule has 0 spiro atoms. The molecule has 3 saturated carbocycles. The average Bonchev–Trinajstić information content (AvgIpc) is 2.75. The highest BCUT2D eigenvalue weighted by Gasteiger charge is 2.28. The molecule has 0 aromatic rings. The maximum absolute atomic E-state index is 12.5. The van der Waals surface area contributed by atoms with Gasteiger partial charge in [0, 0.05) is 24.5 Å². The molecular formula is C24H41N3O5. The van der Waals surface area contributed by atoms with Crippen molar-refractivity contribution in [1.82, 2.24) is 16.0 Å². The number of hydrogen-bond acceptors (Lipinski definition) is 4. The number of amides is 3. The Morgan fingerprint density at radius 1 is 0.844 bits per heavy atom. The van der Waals surface area contributed by atoms with E-state index in [4.69, 9.17) is 9.84 Å². The van der Waals surface area contributed by atoms with Gasteiger partial charge >= 0.3 is 12.0 Å². The number of carboxylic acid groups (broad SMARTS) is 1. The summed E-state index contributed by atoms with van der Waals surface area (Å²) in [5.41, 5.74) is 0. The number of aliphatic carboxylic acids is 1. The van der Waals surface area contributed by atoms with Crippen LogP contribution < -0.4 is 16.0 Å². The largest absolute Gasteiger partial charge is 0.480 e. The highest BCUT2D eigenvalue weighted by Crippen LogP contribution is 2.28. The van der Waals surface area contributed by atoms with Gasteiger partial charge in [0.2, 0.25) is 5.91 Å². The second-order valence-corrected chi connectivity index (χ2v) is 10.2. The van der Waals surface area contributed by atoms with Gasteiger partial charge in [-0.2, -0.15) is 0 Å². The first-order chi connectivity index (χ1) is 15.4. The summed E-state index contributed by atoms with van der Waals surface area (Å²) in [5.74, 6) is 0.0284. The third-order valence-electron chi connectivity index (χ3n) is 7.52. The van der Waals surface area contributed by atoms with Crippen molar-refractivity contribution < 1.29 is 24.2 Å². The lowest BCUT2D eigenvalue weighted by molar-refractivity contribution is -0.145. The molecule has 0 bridgehead atoms. The molecule has 0 aromatic carbocycles. The zero-order valence-corrected chi connectivity index (χ0v) is 19.4. The molecule has 3 fully saturated rings. The van der Waals surface area contributed by atoms with E-state index >= 15 is 0 Å². The summed E-state index contributed by atoms with van der Waals surface area (Å²) in [7, 11) is 0. The molecule has 8 nitrogen and oxygen atoms in total. The molecule has 182 valence electrons. The van der Waals surface area contributed by atoms with E-state index in [9.17, 15) is 14.4 Å². The van der Waals surface area contributed by atoms with Crippen LogP contribution in [-0.4, -0.2) is 53.9 Å². The second kappa shape index (κ2) is 12.4. The van der Waals surface area contributed by atoms with Crippen LogP contribution in [0.25, 0.3) is 0 Å². The molecule has 4 atom stereocenters. The molecule has 4 N–H and O–H groups in total. The molecule has 0 heterocycles. The van der Waals surface area contributed by atoms with Crippen LogP contribution in [0.4, 0.5) is 4.79 Å². The van der Waals surface area contributed by atoms with E-state index < -0.39 is 5.97 Å². The van der Waals surface area contributed by atoms with Crippen LogP contribution in [0.3, 0.4) is 0 Å². The van der Waals surface area contributed by atoms with Crippen LogP contribution >= 0.6 is 0 Å². The van der Waals surface area contributed by atoms with E-state index in [0.717, 1.165) is 51.4 Å². The predicted molar refractivity (Wildman–Crippen MR) is 121 cm³/mol. The maximum Gasteiger partial charge on any atom is 0.329 e. The van der Waals surface area contributed by atoms with E-state index in [1.165, 1.54) is 19.3 Å². The molecule has 32 heavy (non-hydrogen) atoms. The Kier molecular flexibility index (Phi) is 9.63. The third kappa shape index (κ3) is 8.26. The molecule has 0 aromatic heterocycles. The number of nitrogens with one attached hydrogen (secondary N) is 3. The van der Waals surface area contributed by atoms with Crippen molar-refractivity contribution in [2.75, 3.05) is 6.61 Å². The fourth-order valence-corrected chi connectivity index (χ4v) is 5.60. The Bertz CT molecular complexity index is 635. The Hall–Kier alpha value is -1.83. The molecule has 0 aliphatic heterocycles. The van der Waals surface area contributed by atoms with Crippen molar-refractivity contribution in [3.05, 3.63) is 0 Å². The zero-order chi connectivity index (χ0) is 22.9. The lowest BCUT2D eigenvalue weighted by Crippen LogP contribution is -2.49. The summed E-state index contributed by atoms with van der Waals surface area (Å²) in [4.78, 5) is 35.6. The lowest BCUT2D eigenvalue weighted by atomic mass is 9.83. The summed E-state index contributed by atoms with van der Waals surface area (Å²) in [6.07, 6.45) is 12.3. The zero-order valence-electron chi connectivity index (χ0n) is 19.4. The van der Waals surface area contributed by atoms with E-state index in [1.807, 2.05) is 0 Å². The molecule has 3 aliphatic rings. The second-order valence-electron chi connectivity index (χ2n) is 10.2. The van der Waals surface area contributed by atoms with Gasteiger partial charge in [-0.25, -0.2) is 9.59 Å². The fourth-order valence-electron chi connectivity index (χ4n) is 5.60. The van der Waals surface area contributed by atoms with Gasteiger partial charge in [0.25, 0.3) is 0 Å². The minimum atomic E-state index is -0.956. The van der Waals surface area contributed by atoms with Crippen molar-refractivity contribution in [2.24, 2.45) is 11.8 Å². The fraction of sp³-hybridized carbons (Fsp3) is 0.875. The van der Waals surface area contributed by atoms with Crippen LogP contribution in [0, 0.1) is 11.8 Å². The van der Waals surface area contributed by atoms with Crippen molar-refractivity contribution in [3.63, 3.8) is 0 Å². The first kappa shape index (κ1) is 24.8. The van der Waals surface area contributed by atoms with Gasteiger partial charge in [-0.3, -0.25) is 4.79 Å². The predicted octanol–water partition coefficient (Wildman–Crippen LogP) is 3.34. The van der Waals surface area contributed by atoms with E-state index in [1.54, 1.807) is 0 Å². The number of carboxylic acids is 1. The first-order valence-electron chi connectivity index (χ1n) is 12.6. The van der Waals surface area contributed by atoms with Crippen LogP contribution in [0.5, 0.6) is 0 Å². The van der Waals surface area contributed by atoms with Crippen molar-refractivity contribution >= 4 is 17.9 Å². The summed E-state index contributed by atoms with van der Waals surface area (Å²) >= 11 is 0. The number of carbonyl (C=O) groups is 3. The minimum absolute atomic E-state index is 0.0399. The van der Waals surface area contributed by atoms with E-state index in [2.05, 4.69) is 22.9 Å². The maximum atomic E-state index is 12.5. The Labute approximate surface area is 191 Å². The number of rotatable bonds is 8. The molecule has 4 unspecified atom stereocenters. The van der Waals surface area contributed by atoms with Gasteiger partial charge in [0.1, 0.15) is 6.61 Å². The standard InChI is InChI=1S/C24H41N3O5/c1-16-5-2-3-8-21(16)27-24(31)26-18-11-9-17(10-12-18)13-22(28)25-19-6-4-7-20(14-19)32-15-23(29)30/h16-21H,2-15H2,1H3,(H,25,28)(H,29,30)(H2,26,27,31). The summed E-state index contributed by atoms with van der Waals surface area (Å²) in [6.45, 7) is 1.94. The van der Waals surface area contributed by atoms with Crippen molar-refractivity contribution in [3.8, 4) is 0 Å². The number of urea groups is 1. The molecule has 3 rings (SSSR count). The van der Waals surface area contributed by atoms with E-state index in [0.29, 0.717) is 24.7 Å². The van der Waals surface area contributed by atoms with Gasteiger partial charge in [-0.1, -0.05) is 19.8 Å². The quantitative estimate of drug-likeness (QED) is 0.452. The highest BCUT2D eigenvalue weighted by molar-refractivity contribution is 5.76. The summed E-state index contributed by atoms with van der Waals surface area (Å²) < 4.78 is 5.41.